The van der Waals surface area contributed by atoms with Crippen LogP contribution in [0.5, 0.6) is 5.75 Å². The number of fused-ring (bicyclic) bond motifs is 1. The summed E-state index contributed by atoms with van der Waals surface area (Å²) in [5, 5.41) is 3.68. The van der Waals surface area contributed by atoms with Crippen LogP contribution in [0.3, 0.4) is 0 Å². The summed E-state index contributed by atoms with van der Waals surface area (Å²) in [6.45, 7) is 2.96. The molecule has 0 aliphatic carbocycles. The number of para-hydroxylation sites is 1. The molecule has 1 unspecified atom stereocenters. The van der Waals surface area contributed by atoms with E-state index in [9.17, 15) is 0 Å². The predicted molar refractivity (Wildman–Crippen MR) is 75.1 cm³/mol. The molecule has 1 aliphatic heterocycles. The summed E-state index contributed by atoms with van der Waals surface area (Å²) < 4.78 is 5.69. The van der Waals surface area contributed by atoms with Gasteiger partial charge in [-0.3, -0.25) is 4.98 Å². The van der Waals surface area contributed by atoms with Gasteiger partial charge >= 0.3 is 0 Å². The zero-order chi connectivity index (χ0) is 13.1. The first-order chi connectivity index (χ1) is 9.34. The molecule has 2 atom stereocenters. The molecule has 3 heteroatoms. The minimum Gasteiger partial charge on any atom is -0.493 e. The summed E-state index contributed by atoms with van der Waals surface area (Å²) in [5.74, 6) is 1.01. The Morgan fingerprint density at radius 1 is 1.21 bits per heavy atom. The Hall–Kier alpha value is -1.87. The van der Waals surface area contributed by atoms with E-state index < -0.39 is 0 Å². The number of hydrogen-bond acceptors (Lipinski definition) is 3. The van der Waals surface area contributed by atoms with E-state index in [1.165, 1.54) is 11.1 Å². The maximum atomic E-state index is 5.69. The highest BCUT2D eigenvalue weighted by atomic mass is 16.5. The van der Waals surface area contributed by atoms with E-state index in [2.05, 4.69) is 41.5 Å². The van der Waals surface area contributed by atoms with E-state index in [0.29, 0.717) is 12.1 Å². The van der Waals surface area contributed by atoms with Crippen molar-refractivity contribution in [2.75, 3.05) is 6.61 Å². The monoisotopic (exact) mass is 254 g/mol. The molecule has 0 fully saturated rings. The summed E-state index contributed by atoms with van der Waals surface area (Å²) >= 11 is 0. The molecule has 0 bridgehead atoms. The summed E-state index contributed by atoms with van der Waals surface area (Å²) in [4.78, 5) is 4.06. The van der Waals surface area contributed by atoms with E-state index in [0.717, 1.165) is 18.8 Å². The first-order valence-electron chi connectivity index (χ1n) is 6.72. The zero-order valence-electron chi connectivity index (χ0n) is 11.0. The van der Waals surface area contributed by atoms with Gasteiger partial charge in [0.15, 0.2) is 0 Å². The van der Waals surface area contributed by atoms with Crippen LogP contribution in [-0.4, -0.2) is 11.6 Å². The molecule has 1 aromatic carbocycles. The van der Waals surface area contributed by atoms with Crippen molar-refractivity contribution in [2.24, 2.45) is 0 Å². The fraction of sp³-hybridized carbons (Fsp3) is 0.312. The second-order valence-electron chi connectivity index (χ2n) is 4.90. The number of nitrogens with one attached hydrogen (secondary N) is 1. The second-order valence-corrected chi connectivity index (χ2v) is 4.90. The second kappa shape index (κ2) is 5.41. The lowest BCUT2D eigenvalue weighted by Crippen LogP contribution is -2.29. The SMILES string of the molecule is C[C@@H](NC1CCOc2ccccc21)c1ccncc1. The van der Waals surface area contributed by atoms with Crippen LogP contribution >= 0.6 is 0 Å². The van der Waals surface area contributed by atoms with Gasteiger partial charge in [-0.2, -0.15) is 0 Å². The van der Waals surface area contributed by atoms with Crippen molar-refractivity contribution in [1.82, 2.24) is 10.3 Å². The minimum absolute atomic E-state index is 0.305. The predicted octanol–water partition coefficient (Wildman–Crippen LogP) is 3.26. The van der Waals surface area contributed by atoms with Crippen molar-refractivity contribution in [2.45, 2.75) is 25.4 Å². The Morgan fingerprint density at radius 2 is 2.00 bits per heavy atom. The lowest BCUT2D eigenvalue weighted by molar-refractivity contribution is 0.246. The third-order valence-electron chi connectivity index (χ3n) is 3.62. The van der Waals surface area contributed by atoms with E-state index >= 15 is 0 Å². The normalized spacial score (nSPS) is 19.3. The van der Waals surface area contributed by atoms with Crippen molar-refractivity contribution in [3.8, 4) is 5.75 Å². The molecule has 2 heterocycles. The van der Waals surface area contributed by atoms with Gasteiger partial charge in [-0.15, -0.1) is 0 Å². The molecule has 98 valence electrons. The summed E-state index contributed by atoms with van der Waals surface area (Å²) in [5.41, 5.74) is 2.52. The molecule has 2 aromatic rings. The van der Waals surface area contributed by atoms with E-state index in [1.54, 1.807) is 0 Å². The number of rotatable bonds is 3. The highest BCUT2D eigenvalue weighted by Gasteiger charge is 2.22. The number of pyridine rings is 1. The molecule has 1 N–H and O–H groups in total. The smallest absolute Gasteiger partial charge is 0.124 e. The number of nitrogens with zero attached hydrogens (tertiary/aromatic N) is 1. The lowest BCUT2D eigenvalue weighted by atomic mass is 9.98. The van der Waals surface area contributed by atoms with Gasteiger partial charge in [0.1, 0.15) is 5.75 Å². The van der Waals surface area contributed by atoms with Crippen molar-refractivity contribution in [1.29, 1.82) is 0 Å². The summed E-state index contributed by atoms with van der Waals surface area (Å²) in [6.07, 6.45) is 4.68. The van der Waals surface area contributed by atoms with E-state index in [4.69, 9.17) is 4.74 Å². The van der Waals surface area contributed by atoms with E-state index in [-0.39, 0.29) is 0 Å². The molecule has 1 aliphatic rings. The van der Waals surface area contributed by atoms with Crippen LogP contribution in [-0.2, 0) is 0 Å². The van der Waals surface area contributed by atoms with Crippen LogP contribution in [0.15, 0.2) is 48.8 Å². The fourth-order valence-corrected chi connectivity index (χ4v) is 2.57. The molecule has 3 nitrogen and oxygen atoms in total. The number of hydrogen-bond donors (Lipinski definition) is 1. The van der Waals surface area contributed by atoms with Crippen molar-refractivity contribution < 1.29 is 4.74 Å². The molecule has 0 saturated heterocycles. The van der Waals surface area contributed by atoms with Crippen LogP contribution in [0, 0.1) is 0 Å². The van der Waals surface area contributed by atoms with Gasteiger partial charge in [-0.05, 0) is 30.7 Å². The average Bonchev–Trinajstić information content (AvgIpc) is 2.48. The summed E-state index contributed by atoms with van der Waals surface area (Å²) in [6, 6.07) is 13.1. The molecule has 0 amide bonds. The van der Waals surface area contributed by atoms with Gasteiger partial charge in [0, 0.05) is 36.5 Å². The maximum Gasteiger partial charge on any atom is 0.124 e. The topological polar surface area (TPSA) is 34.1 Å². The van der Waals surface area contributed by atoms with Crippen molar-refractivity contribution >= 4 is 0 Å². The Morgan fingerprint density at radius 3 is 2.84 bits per heavy atom. The quantitative estimate of drug-likeness (QED) is 0.913. The number of ether oxygens (including phenoxy) is 1. The van der Waals surface area contributed by atoms with Crippen LogP contribution < -0.4 is 10.1 Å². The lowest BCUT2D eigenvalue weighted by Gasteiger charge is -2.29. The Balaban J connectivity index is 1.78. The third kappa shape index (κ3) is 2.61. The van der Waals surface area contributed by atoms with E-state index in [1.807, 2.05) is 24.5 Å². The summed E-state index contributed by atoms with van der Waals surface area (Å²) in [7, 11) is 0. The number of benzene rings is 1. The van der Waals surface area contributed by atoms with Crippen LogP contribution in [0.25, 0.3) is 0 Å². The van der Waals surface area contributed by atoms with Gasteiger partial charge in [0.25, 0.3) is 0 Å². The first-order valence-corrected chi connectivity index (χ1v) is 6.72. The highest BCUT2D eigenvalue weighted by molar-refractivity contribution is 5.37. The van der Waals surface area contributed by atoms with Crippen LogP contribution in [0.4, 0.5) is 0 Å². The molecule has 19 heavy (non-hydrogen) atoms. The average molecular weight is 254 g/mol. The molecule has 0 spiro atoms. The zero-order valence-corrected chi connectivity index (χ0v) is 11.0. The minimum atomic E-state index is 0.305. The third-order valence-corrected chi connectivity index (χ3v) is 3.62. The Bertz CT molecular complexity index is 541. The first kappa shape index (κ1) is 12.2. The van der Waals surface area contributed by atoms with Gasteiger partial charge in [0.05, 0.1) is 6.61 Å². The molecular weight excluding hydrogens is 236 g/mol. The van der Waals surface area contributed by atoms with Gasteiger partial charge in [0.2, 0.25) is 0 Å². The van der Waals surface area contributed by atoms with Crippen molar-refractivity contribution in [3.63, 3.8) is 0 Å². The van der Waals surface area contributed by atoms with Crippen LogP contribution in [0.1, 0.15) is 36.6 Å². The largest absolute Gasteiger partial charge is 0.493 e. The van der Waals surface area contributed by atoms with Gasteiger partial charge < -0.3 is 10.1 Å². The number of aromatic nitrogens is 1. The molecule has 0 radical (unpaired) electrons. The molecular formula is C16H18N2O. The Kier molecular flexibility index (Phi) is 3.47. The molecule has 0 saturated carbocycles. The Labute approximate surface area is 113 Å². The van der Waals surface area contributed by atoms with Gasteiger partial charge in [-0.25, -0.2) is 0 Å². The molecule has 1 aromatic heterocycles. The maximum absolute atomic E-state index is 5.69. The van der Waals surface area contributed by atoms with Crippen molar-refractivity contribution in [3.05, 3.63) is 59.9 Å². The fourth-order valence-electron chi connectivity index (χ4n) is 2.57. The highest BCUT2D eigenvalue weighted by Crippen LogP contribution is 2.33. The standard InChI is InChI=1S/C16H18N2O/c1-12(13-6-9-17-10-7-13)18-15-8-11-19-16-5-3-2-4-14(15)16/h2-7,9-10,12,15,18H,8,11H2,1H3/t12-,15?/m1/s1. The molecule has 3 rings (SSSR count). The van der Waals surface area contributed by atoms with Gasteiger partial charge in [-0.1, -0.05) is 18.2 Å². The van der Waals surface area contributed by atoms with Crippen LogP contribution in [0.2, 0.25) is 0 Å².